The number of alkyl carbamates (subject to hydrolysis) is 1. The van der Waals surface area contributed by atoms with Gasteiger partial charge in [-0.2, -0.15) is 0 Å². The molecule has 6 heteroatoms. The van der Waals surface area contributed by atoms with Gasteiger partial charge in [0, 0.05) is 31.4 Å². The molecule has 1 aliphatic heterocycles. The van der Waals surface area contributed by atoms with Crippen molar-refractivity contribution in [2.24, 2.45) is 5.92 Å². The van der Waals surface area contributed by atoms with Gasteiger partial charge in [-0.05, 0) is 48.1 Å². The Bertz CT molecular complexity index is 983. The molecule has 0 spiro atoms. The second-order valence-corrected chi connectivity index (χ2v) is 7.44. The van der Waals surface area contributed by atoms with Crippen LogP contribution in [-0.2, 0) is 4.74 Å². The molecular formula is C23H26N4O2. The summed E-state index contributed by atoms with van der Waals surface area (Å²) in [4.78, 5) is 22.8. The fourth-order valence-corrected chi connectivity index (χ4v) is 3.88. The Kier molecular flexibility index (Phi) is 5.89. The number of anilines is 1. The maximum Gasteiger partial charge on any atom is 0.406 e. The summed E-state index contributed by atoms with van der Waals surface area (Å²) in [5, 5.41) is 5.21. The molecule has 1 amide bonds. The van der Waals surface area contributed by atoms with Crippen LogP contribution in [0.2, 0.25) is 0 Å². The molecule has 1 fully saturated rings. The molecule has 6 nitrogen and oxygen atoms in total. The number of ether oxygens (including phenoxy) is 1. The molecule has 0 saturated carbocycles. The second-order valence-electron chi connectivity index (χ2n) is 7.44. The molecule has 2 heterocycles. The third-order valence-electron chi connectivity index (χ3n) is 5.59. The number of nitrogens with zero attached hydrogens (tertiary/aromatic N) is 3. The van der Waals surface area contributed by atoms with E-state index in [1.807, 2.05) is 12.3 Å². The van der Waals surface area contributed by atoms with Gasteiger partial charge in [-0.1, -0.05) is 36.4 Å². The Morgan fingerprint density at radius 1 is 1.14 bits per heavy atom. The van der Waals surface area contributed by atoms with E-state index in [1.165, 1.54) is 17.9 Å². The van der Waals surface area contributed by atoms with E-state index < -0.39 is 0 Å². The van der Waals surface area contributed by atoms with E-state index in [9.17, 15) is 4.79 Å². The molecule has 1 N–H and O–H groups in total. The van der Waals surface area contributed by atoms with Gasteiger partial charge in [-0.25, -0.2) is 14.8 Å². The number of carbonyl (C=O) groups is 1. The summed E-state index contributed by atoms with van der Waals surface area (Å²) in [5.74, 6) is 1.40. The first-order valence-electron chi connectivity index (χ1n) is 10.1. The lowest BCUT2D eigenvalue weighted by molar-refractivity contribution is 0.170. The quantitative estimate of drug-likeness (QED) is 0.705. The van der Waals surface area contributed by atoms with Crippen LogP contribution in [0.5, 0.6) is 0 Å². The lowest BCUT2D eigenvalue weighted by atomic mass is 9.94. The van der Waals surface area contributed by atoms with Gasteiger partial charge in [-0.3, -0.25) is 0 Å². The number of methoxy groups -OCH3 is 1. The van der Waals surface area contributed by atoms with Crippen molar-refractivity contribution in [3.8, 4) is 11.3 Å². The average molecular weight is 390 g/mol. The monoisotopic (exact) mass is 390 g/mol. The zero-order valence-electron chi connectivity index (χ0n) is 16.7. The number of piperidine rings is 1. The number of amides is 1. The number of benzene rings is 2. The van der Waals surface area contributed by atoms with Gasteiger partial charge in [0.05, 0.1) is 12.8 Å². The van der Waals surface area contributed by atoms with Crippen molar-refractivity contribution in [1.29, 1.82) is 0 Å². The summed E-state index contributed by atoms with van der Waals surface area (Å²) < 4.78 is 4.61. The first-order chi connectivity index (χ1) is 14.2. The molecular weight excluding hydrogens is 364 g/mol. The Balaban J connectivity index is 1.39. The normalized spacial score (nSPS) is 14.7. The summed E-state index contributed by atoms with van der Waals surface area (Å²) in [5.41, 5.74) is 2.06. The molecule has 29 heavy (non-hydrogen) atoms. The molecule has 1 saturated heterocycles. The predicted octanol–water partition coefficient (Wildman–Crippen LogP) is 4.26. The fraction of sp³-hybridized carbons (Fsp3) is 0.348. The van der Waals surface area contributed by atoms with E-state index in [4.69, 9.17) is 4.98 Å². The molecule has 0 radical (unpaired) electrons. The highest BCUT2D eigenvalue weighted by molar-refractivity contribution is 5.86. The topological polar surface area (TPSA) is 67.3 Å². The highest BCUT2D eigenvalue weighted by atomic mass is 16.5. The van der Waals surface area contributed by atoms with Gasteiger partial charge in [0.15, 0.2) is 0 Å². The first kappa shape index (κ1) is 19.2. The molecule has 1 aromatic heterocycles. The van der Waals surface area contributed by atoms with E-state index in [1.54, 1.807) is 0 Å². The molecule has 150 valence electrons. The van der Waals surface area contributed by atoms with Gasteiger partial charge < -0.3 is 15.0 Å². The zero-order chi connectivity index (χ0) is 20.1. The van der Waals surface area contributed by atoms with E-state index >= 15 is 0 Å². The number of nitrogens with one attached hydrogen (secondary N) is 1. The van der Waals surface area contributed by atoms with Crippen molar-refractivity contribution in [3.05, 3.63) is 54.7 Å². The Morgan fingerprint density at radius 3 is 2.72 bits per heavy atom. The lowest BCUT2D eigenvalue weighted by Gasteiger charge is -2.32. The predicted molar refractivity (Wildman–Crippen MR) is 115 cm³/mol. The largest absolute Gasteiger partial charge is 0.453 e. The SMILES string of the molecule is COC(=O)NCCC1CCN(c2nccc(-c3ccc4ccccc4c3)n2)CC1. The van der Waals surface area contributed by atoms with Crippen LogP contribution in [0, 0.1) is 5.92 Å². The minimum Gasteiger partial charge on any atom is -0.453 e. The first-order valence-corrected chi connectivity index (χ1v) is 10.1. The Morgan fingerprint density at radius 2 is 1.93 bits per heavy atom. The maximum absolute atomic E-state index is 11.2. The van der Waals surface area contributed by atoms with Crippen LogP contribution in [0.3, 0.4) is 0 Å². The number of rotatable bonds is 5. The molecule has 0 atom stereocenters. The van der Waals surface area contributed by atoms with Crippen molar-refractivity contribution in [2.45, 2.75) is 19.3 Å². The Labute approximate surface area is 170 Å². The molecule has 0 bridgehead atoms. The molecule has 0 unspecified atom stereocenters. The van der Waals surface area contributed by atoms with E-state index in [0.717, 1.165) is 49.6 Å². The molecule has 3 aromatic rings. The highest BCUT2D eigenvalue weighted by Gasteiger charge is 2.21. The number of hydrogen-bond acceptors (Lipinski definition) is 5. The van der Waals surface area contributed by atoms with Gasteiger partial charge in [-0.15, -0.1) is 0 Å². The summed E-state index contributed by atoms with van der Waals surface area (Å²) in [6, 6.07) is 16.8. The maximum atomic E-state index is 11.2. The van der Waals surface area contributed by atoms with Crippen molar-refractivity contribution >= 4 is 22.8 Å². The summed E-state index contributed by atoms with van der Waals surface area (Å²) in [7, 11) is 1.39. The minimum atomic E-state index is -0.360. The molecule has 2 aromatic carbocycles. The average Bonchev–Trinajstić information content (AvgIpc) is 2.79. The second kappa shape index (κ2) is 8.90. The summed E-state index contributed by atoms with van der Waals surface area (Å²) in [6.45, 7) is 2.53. The minimum absolute atomic E-state index is 0.360. The van der Waals surface area contributed by atoms with Crippen molar-refractivity contribution in [1.82, 2.24) is 15.3 Å². The Hall–Kier alpha value is -3.15. The van der Waals surface area contributed by atoms with E-state index in [0.29, 0.717) is 12.5 Å². The zero-order valence-corrected chi connectivity index (χ0v) is 16.7. The standard InChI is InChI=1S/C23H26N4O2/c1-29-23(28)25-12-8-17-10-14-27(15-11-17)22-24-13-9-21(26-22)20-7-6-18-4-2-3-5-19(18)16-20/h2-7,9,13,16-17H,8,10-12,14-15H2,1H3,(H,25,28). The fourth-order valence-electron chi connectivity index (χ4n) is 3.88. The number of carbonyl (C=O) groups excluding carboxylic acids is 1. The van der Waals surface area contributed by atoms with Gasteiger partial charge in [0.1, 0.15) is 0 Å². The van der Waals surface area contributed by atoms with Crippen LogP contribution >= 0.6 is 0 Å². The van der Waals surface area contributed by atoms with Crippen LogP contribution in [0.15, 0.2) is 54.7 Å². The van der Waals surface area contributed by atoms with Crippen LogP contribution in [-0.4, -0.2) is 42.8 Å². The van der Waals surface area contributed by atoms with Crippen molar-refractivity contribution in [2.75, 3.05) is 31.6 Å². The van der Waals surface area contributed by atoms with Crippen LogP contribution in [0.4, 0.5) is 10.7 Å². The number of aromatic nitrogens is 2. The summed E-state index contributed by atoms with van der Waals surface area (Å²) in [6.07, 6.45) is 4.61. The van der Waals surface area contributed by atoms with Gasteiger partial charge in [0.2, 0.25) is 5.95 Å². The highest BCUT2D eigenvalue weighted by Crippen LogP contribution is 2.26. The van der Waals surface area contributed by atoms with Gasteiger partial charge in [0.25, 0.3) is 0 Å². The smallest absolute Gasteiger partial charge is 0.406 e. The number of hydrogen-bond donors (Lipinski definition) is 1. The number of fused-ring (bicyclic) bond motifs is 1. The molecule has 1 aliphatic rings. The van der Waals surface area contributed by atoms with E-state index in [2.05, 4.69) is 62.4 Å². The van der Waals surface area contributed by atoms with E-state index in [-0.39, 0.29) is 6.09 Å². The third kappa shape index (κ3) is 4.65. The summed E-state index contributed by atoms with van der Waals surface area (Å²) >= 11 is 0. The third-order valence-corrected chi connectivity index (χ3v) is 5.59. The molecule has 0 aliphatic carbocycles. The molecule has 4 rings (SSSR count). The van der Waals surface area contributed by atoms with Crippen LogP contribution in [0.25, 0.3) is 22.0 Å². The van der Waals surface area contributed by atoms with Crippen molar-refractivity contribution < 1.29 is 9.53 Å². The van der Waals surface area contributed by atoms with Crippen LogP contribution in [0.1, 0.15) is 19.3 Å². The van der Waals surface area contributed by atoms with Crippen LogP contribution < -0.4 is 10.2 Å². The lowest BCUT2D eigenvalue weighted by Crippen LogP contribution is -2.36. The van der Waals surface area contributed by atoms with Gasteiger partial charge >= 0.3 is 6.09 Å². The van der Waals surface area contributed by atoms with Crippen molar-refractivity contribution in [3.63, 3.8) is 0 Å².